The SMILES string of the molecule is COc1cc(C2C3=CCn4c(=O)n(CCc5nc6cc(OC)c(OC)cc6n(C)c5=O)c(=O)n4C3CC3=C2C(=O)C=C(Br)C3=O)ccc1O. The van der Waals surface area contributed by atoms with E-state index in [0.29, 0.717) is 33.7 Å². The van der Waals surface area contributed by atoms with Gasteiger partial charge in [0.05, 0.1) is 49.4 Å². The molecular formula is C34H30BrN5O9. The number of phenols is 1. The quantitative estimate of drug-likeness (QED) is 0.220. The van der Waals surface area contributed by atoms with Gasteiger partial charge in [0.15, 0.2) is 34.6 Å². The van der Waals surface area contributed by atoms with Crippen LogP contribution >= 0.6 is 15.9 Å². The number of halogens is 1. The Morgan fingerprint density at radius 1 is 0.959 bits per heavy atom. The van der Waals surface area contributed by atoms with Gasteiger partial charge in [-0.1, -0.05) is 12.1 Å². The van der Waals surface area contributed by atoms with Gasteiger partial charge in [0.1, 0.15) is 5.69 Å². The maximum absolute atomic E-state index is 14.1. The van der Waals surface area contributed by atoms with Crippen molar-refractivity contribution < 1.29 is 28.9 Å². The first-order valence-corrected chi connectivity index (χ1v) is 16.1. The van der Waals surface area contributed by atoms with Gasteiger partial charge in [-0.15, -0.1) is 0 Å². The Morgan fingerprint density at radius 2 is 1.67 bits per heavy atom. The van der Waals surface area contributed by atoms with Crippen molar-refractivity contribution in [2.24, 2.45) is 7.05 Å². The Kier molecular flexibility index (Phi) is 7.81. The van der Waals surface area contributed by atoms with Crippen LogP contribution in [-0.4, -0.2) is 61.5 Å². The van der Waals surface area contributed by atoms with E-state index in [1.807, 2.05) is 0 Å². The third-order valence-electron chi connectivity index (χ3n) is 9.44. The molecule has 3 aliphatic rings. The van der Waals surface area contributed by atoms with Crippen LogP contribution in [0.5, 0.6) is 23.0 Å². The molecular weight excluding hydrogens is 702 g/mol. The summed E-state index contributed by atoms with van der Waals surface area (Å²) in [5.74, 6) is -0.551. The van der Waals surface area contributed by atoms with Gasteiger partial charge in [0.2, 0.25) is 0 Å². The summed E-state index contributed by atoms with van der Waals surface area (Å²) in [4.78, 5) is 72.6. The fourth-order valence-corrected chi connectivity index (χ4v) is 7.51. The van der Waals surface area contributed by atoms with E-state index < -0.39 is 23.3 Å². The van der Waals surface area contributed by atoms with Crippen molar-refractivity contribution in [3.8, 4) is 23.0 Å². The number of ether oxygens (including phenoxy) is 3. The molecule has 2 unspecified atom stereocenters. The Balaban J connectivity index is 1.30. The summed E-state index contributed by atoms with van der Waals surface area (Å²) in [6, 6.07) is 7.21. The molecule has 1 aliphatic heterocycles. The predicted octanol–water partition coefficient (Wildman–Crippen LogP) is 2.43. The molecule has 252 valence electrons. The highest BCUT2D eigenvalue weighted by Crippen LogP contribution is 2.50. The van der Waals surface area contributed by atoms with Gasteiger partial charge in [-0.05, 0) is 39.2 Å². The van der Waals surface area contributed by atoms with Crippen LogP contribution in [0.3, 0.4) is 0 Å². The van der Waals surface area contributed by atoms with Crippen molar-refractivity contribution in [1.29, 1.82) is 0 Å². The van der Waals surface area contributed by atoms with E-state index >= 15 is 0 Å². The zero-order valence-electron chi connectivity index (χ0n) is 26.9. The molecule has 1 N–H and O–H groups in total. The van der Waals surface area contributed by atoms with E-state index in [-0.39, 0.29) is 75.9 Å². The first kappa shape index (κ1) is 32.1. The van der Waals surface area contributed by atoms with Gasteiger partial charge in [0.25, 0.3) is 5.56 Å². The van der Waals surface area contributed by atoms with Crippen LogP contribution in [0.2, 0.25) is 0 Å². The minimum Gasteiger partial charge on any atom is -0.504 e. The number of rotatable bonds is 7. The molecule has 0 radical (unpaired) electrons. The number of benzene rings is 2. The Bertz CT molecular complexity index is 2410. The number of aromatic nitrogens is 5. The lowest BCUT2D eigenvalue weighted by Crippen LogP contribution is -2.40. The van der Waals surface area contributed by atoms with E-state index in [1.54, 1.807) is 37.4 Å². The van der Waals surface area contributed by atoms with Crippen molar-refractivity contribution in [3.63, 3.8) is 0 Å². The fourth-order valence-electron chi connectivity index (χ4n) is 7.06. The highest BCUT2D eigenvalue weighted by molar-refractivity contribution is 9.12. The number of allylic oxidation sites excluding steroid dienone is 6. The Hall–Kier alpha value is -5.44. The monoisotopic (exact) mass is 731 g/mol. The van der Waals surface area contributed by atoms with E-state index in [9.17, 15) is 29.1 Å². The third kappa shape index (κ3) is 4.90. The molecule has 14 nitrogen and oxygen atoms in total. The average molecular weight is 733 g/mol. The number of ketones is 2. The van der Waals surface area contributed by atoms with E-state index in [4.69, 9.17) is 14.2 Å². The second kappa shape index (κ2) is 11.9. The van der Waals surface area contributed by atoms with Crippen molar-refractivity contribution in [2.75, 3.05) is 21.3 Å². The lowest BCUT2D eigenvalue weighted by molar-refractivity contribution is -0.115. The largest absolute Gasteiger partial charge is 0.504 e. The molecule has 0 saturated heterocycles. The second-order valence-electron chi connectivity index (χ2n) is 11.9. The predicted molar refractivity (Wildman–Crippen MR) is 180 cm³/mol. The van der Waals surface area contributed by atoms with Gasteiger partial charge in [-0.3, -0.25) is 14.4 Å². The van der Waals surface area contributed by atoms with E-state index in [2.05, 4.69) is 20.9 Å². The summed E-state index contributed by atoms with van der Waals surface area (Å²) < 4.78 is 21.3. The summed E-state index contributed by atoms with van der Waals surface area (Å²) in [5, 5.41) is 10.3. The van der Waals surface area contributed by atoms with E-state index in [1.165, 1.54) is 47.4 Å². The van der Waals surface area contributed by atoms with Gasteiger partial charge in [-0.2, -0.15) is 0 Å². The second-order valence-corrected chi connectivity index (χ2v) is 12.7. The van der Waals surface area contributed by atoms with Crippen LogP contribution in [-0.2, 0) is 36.1 Å². The maximum Gasteiger partial charge on any atom is 0.347 e. The Morgan fingerprint density at radius 3 is 2.39 bits per heavy atom. The highest BCUT2D eigenvalue weighted by atomic mass is 79.9. The topological polar surface area (TPSA) is 166 Å². The van der Waals surface area contributed by atoms with Crippen LogP contribution in [0.1, 0.15) is 29.6 Å². The van der Waals surface area contributed by atoms with Gasteiger partial charge >= 0.3 is 11.4 Å². The summed E-state index contributed by atoms with van der Waals surface area (Å²) >= 11 is 3.21. The smallest absolute Gasteiger partial charge is 0.347 e. The number of carbonyl (C=O) groups excluding carboxylic acids is 2. The van der Waals surface area contributed by atoms with Crippen LogP contribution in [0.4, 0.5) is 0 Å². The number of hydrogen-bond acceptors (Lipinski definition) is 10. The van der Waals surface area contributed by atoms with Gasteiger partial charge < -0.3 is 23.9 Å². The number of Topliss-reactive ketones (excluding diaryl/α,β-unsaturated/α-hetero) is 1. The number of fused-ring (bicyclic) bond motifs is 4. The lowest BCUT2D eigenvalue weighted by Gasteiger charge is -2.39. The van der Waals surface area contributed by atoms with Gasteiger partial charge in [-0.25, -0.2) is 28.5 Å². The van der Waals surface area contributed by atoms with E-state index in [0.717, 1.165) is 4.57 Å². The molecule has 0 fully saturated rings. The molecule has 7 rings (SSSR count). The van der Waals surface area contributed by atoms with Crippen molar-refractivity contribution >= 4 is 38.5 Å². The number of aromatic hydroxyl groups is 1. The zero-order chi connectivity index (χ0) is 34.9. The molecule has 4 aromatic rings. The van der Waals surface area contributed by atoms with Crippen LogP contribution < -0.4 is 31.1 Å². The number of carbonyl (C=O) groups is 2. The molecule has 0 bridgehead atoms. The number of aryl methyl sites for hydroxylation is 2. The Labute approximate surface area is 285 Å². The lowest BCUT2D eigenvalue weighted by atomic mass is 9.69. The fraction of sp³-hybridized carbons (Fsp3) is 0.294. The molecule has 2 aromatic heterocycles. The van der Waals surface area contributed by atoms with Crippen LogP contribution in [0.15, 0.2) is 78.1 Å². The summed E-state index contributed by atoms with van der Waals surface area (Å²) in [6.07, 6.45) is 3.03. The molecule has 3 heterocycles. The van der Waals surface area contributed by atoms with Crippen LogP contribution in [0, 0.1) is 0 Å². The van der Waals surface area contributed by atoms with Crippen molar-refractivity contribution in [2.45, 2.75) is 37.9 Å². The molecule has 0 saturated carbocycles. The number of hydrogen-bond donors (Lipinski definition) is 1. The molecule has 0 spiro atoms. The summed E-state index contributed by atoms with van der Waals surface area (Å²) in [5.41, 5.74) is 1.28. The number of nitrogens with zero attached hydrogens (tertiary/aromatic N) is 5. The molecule has 15 heteroatoms. The summed E-state index contributed by atoms with van der Waals surface area (Å²) in [6.45, 7) is -0.105. The van der Waals surface area contributed by atoms with Gasteiger partial charge in [0, 0.05) is 61.7 Å². The third-order valence-corrected chi connectivity index (χ3v) is 10.0. The van der Waals surface area contributed by atoms with Crippen molar-refractivity contribution in [3.05, 3.63) is 106 Å². The maximum atomic E-state index is 14.1. The number of methoxy groups -OCH3 is 3. The first-order chi connectivity index (χ1) is 23.5. The molecule has 2 aliphatic carbocycles. The molecule has 0 amide bonds. The summed E-state index contributed by atoms with van der Waals surface area (Å²) in [7, 11) is 5.99. The van der Waals surface area contributed by atoms with Crippen molar-refractivity contribution in [1.82, 2.24) is 23.5 Å². The molecule has 49 heavy (non-hydrogen) atoms. The number of phenolic OH excluding ortho intramolecular Hbond substituents is 1. The zero-order valence-corrected chi connectivity index (χ0v) is 28.4. The minimum absolute atomic E-state index is 0.00181. The standard InChI is InChI=1S/C34H30BrN5O9/c1-37-23-15-28(49-4)27(48-3)14-21(23)36-20(32(37)44)8-9-38-33(45)39-10-7-17-22(40(39)34(38)46)12-18-30(25(42)13-19(35)31(18)43)29(17)16-5-6-24(41)26(11-16)47-2/h5-7,11,13-15,22,29,41H,8-10,12H2,1-4H3. The molecule has 2 aromatic carbocycles. The molecule has 2 atom stereocenters. The first-order valence-electron chi connectivity index (χ1n) is 15.3. The van der Waals surface area contributed by atoms with Crippen LogP contribution in [0.25, 0.3) is 11.0 Å². The average Bonchev–Trinajstić information content (AvgIpc) is 3.35. The highest BCUT2D eigenvalue weighted by Gasteiger charge is 2.45. The normalized spacial score (nSPS) is 18.5. The minimum atomic E-state index is -0.775.